The molecule has 0 aliphatic heterocycles. The minimum Gasteiger partial charge on any atom is -0.465 e. The Morgan fingerprint density at radius 1 is 1.30 bits per heavy atom. The van der Waals surface area contributed by atoms with Crippen molar-refractivity contribution >= 4 is 17.3 Å². The summed E-state index contributed by atoms with van der Waals surface area (Å²) in [6.45, 7) is 0.123. The highest BCUT2D eigenvalue weighted by Crippen LogP contribution is 2.30. The quantitative estimate of drug-likeness (QED) is 0.481. The van der Waals surface area contributed by atoms with Crippen LogP contribution in [0.1, 0.15) is 15.9 Å². The van der Waals surface area contributed by atoms with Gasteiger partial charge in [0.2, 0.25) is 0 Å². The van der Waals surface area contributed by atoms with Crippen LogP contribution in [-0.4, -0.2) is 25.1 Å². The molecule has 0 saturated carbocycles. The SMILES string of the molecule is COC(=O)c1ccc([N+](=O)[O-])c(N(C)Cc2ccccc2F)c1. The van der Waals surface area contributed by atoms with Crippen molar-refractivity contribution in [3.63, 3.8) is 0 Å². The van der Waals surface area contributed by atoms with Gasteiger partial charge in [-0.25, -0.2) is 9.18 Å². The average molecular weight is 318 g/mol. The molecule has 0 amide bonds. The van der Waals surface area contributed by atoms with Crippen molar-refractivity contribution in [1.29, 1.82) is 0 Å². The maximum absolute atomic E-state index is 13.8. The van der Waals surface area contributed by atoms with Crippen LogP contribution in [0.15, 0.2) is 42.5 Å². The Kier molecular flexibility index (Phi) is 4.90. The molecule has 0 spiro atoms. The molecule has 0 aliphatic carbocycles. The first kappa shape index (κ1) is 16.4. The molecule has 6 nitrogen and oxygen atoms in total. The number of esters is 1. The fourth-order valence-electron chi connectivity index (χ4n) is 2.20. The minimum absolute atomic E-state index is 0.123. The van der Waals surface area contributed by atoms with Crippen molar-refractivity contribution in [2.75, 3.05) is 19.1 Å². The third kappa shape index (κ3) is 3.63. The molecule has 0 unspecified atom stereocenters. The van der Waals surface area contributed by atoms with Crippen LogP contribution in [0, 0.1) is 15.9 Å². The lowest BCUT2D eigenvalue weighted by Crippen LogP contribution is -2.19. The predicted octanol–water partition coefficient (Wildman–Crippen LogP) is 3.16. The number of nitro groups is 1. The largest absolute Gasteiger partial charge is 0.465 e. The van der Waals surface area contributed by atoms with E-state index in [1.165, 1.54) is 36.3 Å². The van der Waals surface area contributed by atoms with Gasteiger partial charge in [-0.2, -0.15) is 0 Å². The van der Waals surface area contributed by atoms with Crippen LogP contribution >= 0.6 is 0 Å². The Balaban J connectivity index is 2.40. The van der Waals surface area contributed by atoms with E-state index in [4.69, 9.17) is 0 Å². The number of carbonyl (C=O) groups is 1. The van der Waals surface area contributed by atoms with Crippen molar-refractivity contribution in [3.05, 3.63) is 69.5 Å². The van der Waals surface area contributed by atoms with Gasteiger partial charge in [-0.3, -0.25) is 10.1 Å². The number of nitro benzene ring substituents is 1. The fraction of sp³-hybridized carbons (Fsp3) is 0.188. The molecule has 0 aromatic heterocycles. The van der Waals surface area contributed by atoms with Gasteiger partial charge in [-0.05, 0) is 18.2 Å². The van der Waals surface area contributed by atoms with Gasteiger partial charge in [0.25, 0.3) is 5.69 Å². The number of methoxy groups -OCH3 is 1. The van der Waals surface area contributed by atoms with Crippen LogP contribution < -0.4 is 4.90 Å². The molecule has 120 valence electrons. The summed E-state index contributed by atoms with van der Waals surface area (Å²) in [4.78, 5) is 23.8. The molecule has 0 atom stereocenters. The molecule has 7 heteroatoms. The number of ether oxygens (including phenoxy) is 1. The highest BCUT2D eigenvalue weighted by atomic mass is 19.1. The van der Waals surface area contributed by atoms with Gasteiger partial charge in [0.15, 0.2) is 0 Å². The molecular weight excluding hydrogens is 303 g/mol. The second kappa shape index (κ2) is 6.87. The van der Waals surface area contributed by atoms with Crippen LogP contribution in [-0.2, 0) is 11.3 Å². The number of carbonyl (C=O) groups excluding carboxylic acids is 1. The molecule has 0 radical (unpaired) electrons. The van der Waals surface area contributed by atoms with Gasteiger partial charge in [0.1, 0.15) is 11.5 Å². The molecule has 0 N–H and O–H groups in total. The average Bonchev–Trinajstić information content (AvgIpc) is 2.55. The summed E-state index contributed by atoms with van der Waals surface area (Å²) in [6.07, 6.45) is 0. The predicted molar refractivity (Wildman–Crippen MR) is 82.9 cm³/mol. The maximum atomic E-state index is 13.8. The zero-order valence-corrected chi connectivity index (χ0v) is 12.7. The molecule has 2 aromatic rings. The van der Waals surface area contributed by atoms with E-state index in [1.54, 1.807) is 25.2 Å². The molecule has 0 heterocycles. The Hall–Kier alpha value is -2.96. The summed E-state index contributed by atoms with van der Waals surface area (Å²) in [6, 6.07) is 10.1. The van der Waals surface area contributed by atoms with E-state index in [2.05, 4.69) is 4.74 Å². The fourth-order valence-corrected chi connectivity index (χ4v) is 2.20. The topological polar surface area (TPSA) is 72.7 Å². The third-order valence-corrected chi connectivity index (χ3v) is 3.37. The first-order valence-electron chi connectivity index (χ1n) is 6.75. The zero-order chi connectivity index (χ0) is 17.0. The molecule has 23 heavy (non-hydrogen) atoms. The van der Waals surface area contributed by atoms with Crippen LogP contribution in [0.3, 0.4) is 0 Å². The Morgan fingerprint density at radius 2 is 2.00 bits per heavy atom. The lowest BCUT2D eigenvalue weighted by molar-refractivity contribution is -0.384. The van der Waals surface area contributed by atoms with E-state index < -0.39 is 16.7 Å². The summed E-state index contributed by atoms with van der Waals surface area (Å²) in [7, 11) is 2.82. The first-order valence-corrected chi connectivity index (χ1v) is 6.75. The van der Waals surface area contributed by atoms with Crippen molar-refractivity contribution in [2.24, 2.45) is 0 Å². The molecule has 2 aromatic carbocycles. The summed E-state index contributed by atoms with van der Waals surface area (Å²) >= 11 is 0. The van der Waals surface area contributed by atoms with Crippen molar-refractivity contribution in [3.8, 4) is 0 Å². The summed E-state index contributed by atoms with van der Waals surface area (Å²) in [5.74, 6) is -0.994. The number of hydrogen-bond acceptors (Lipinski definition) is 5. The normalized spacial score (nSPS) is 10.2. The standard InChI is InChI=1S/C16H15FN2O4/c1-18(10-12-5-3-4-6-13(12)17)15-9-11(16(20)23-2)7-8-14(15)19(21)22/h3-9H,10H2,1-2H3. The van der Waals surface area contributed by atoms with E-state index in [0.717, 1.165) is 0 Å². The highest BCUT2D eigenvalue weighted by Gasteiger charge is 2.20. The van der Waals surface area contributed by atoms with Gasteiger partial charge in [-0.1, -0.05) is 18.2 Å². The lowest BCUT2D eigenvalue weighted by atomic mass is 10.1. The number of nitrogens with zero attached hydrogens (tertiary/aromatic N) is 2. The molecule has 0 bridgehead atoms. The molecular formula is C16H15FN2O4. The molecule has 0 aliphatic rings. The van der Waals surface area contributed by atoms with Gasteiger partial charge in [0, 0.05) is 25.2 Å². The van der Waals surface area contributed by atoms with Crippen LogP contribution in [0.4, 0.5) is 15.8 Å². The van der Waals surface area contributed by atoms with E-state index in [9.17, 15) is 19.3 Å². The monoisotopic (exact) mass is 318 g/mol. The second-order valence-electron chi connectivity index (χ2n) is 4.90. The van der Waals surface area contributed by atoms with E-state index >= 15 is 0 Å². The van der Waals surface area contributed by atoms with Gasteiger partial charge in [0.05, 0.1) is 17.6 Å². The van der Waals surface area contributed by atoms with E-state index in [-0.39, 0.29) is 23.5 Å². The summed E-state index contributed by atoms with van der Waals surface area (Å²) in [5.41, 5.74) is 0.624. The van der Waals surface area contributed by atoms with Crippen molar-refractivity contribution in [2.45, 2.75) is 6.54 Å². The van der Waals surface area contributed by atoms with Crippen LogP contribution in [0.25, 0.3) is 0 Å². The van der Waals surface area contributed by atoms with Gasteiger partial charge < -0.3 is 9.64 Å². The summed E-state index contributed by atoms with van der Waals surface area (Å²) in [5, 5.41) is 11.2. The lowest BCUT2D eigenvalue weighted by Gasteiger charge is -2.20. The van der Waals surface area contributed by atoms with Crippen LogP contribution in [0.2, 0.25) is 0 Å². The number of rotatable bonds is 5. The molecule has 0 saturated heterocycles. The number of halogens is 1. The van der Waals surface area contributed by atoms with Crippen molar-refractivity contribution < 1.29 is 18.8 Å². The van der Waals surface area contributed by atoms with E-state index in [0.29, 0.717) is 5.56 Å². The number of benzene rings is 2. The highest BCUT2D eigenvalue weighted by molar-refractivity contribution is 5.91. The van der Waals surface area contributed by atoms with Gasteiger partial charge in [-0.15, -0.1) is 0 Å². The smallest absolute Gasteiger partial charge is 0.337 e. The first-order chi connectivity index (χ1) is 10.9. The Labute approximate surface area is 132 Å². The number of hydrogen-bond donors (Lipinski definition) is 0. The Bertz CT molecular complexity index is 749. The molecule has 2 rings (SSSR count). The number of anilines is 1. The second-order valence-corrected chi connectivity index (χ2v) is 4.90. The third-order valence-electron chi connectivity index (χ3n) is 3.37. The summed E-state index contributed by atoms with van der Waals surface area (Å²) < 4.78 is 18.4. The van der Waals surface area contributed by atoms with Gasteiger partial charge >= 0.3 is 5.97 Å². The zero-order valence-electron chi connectivity index (χ0n) is 12.7. The molecule has 0 fully saturated rings. The maximum Gasteiger partial charge on any atom is 0.337 e. The van der Waals surface area contributed by atoms with E-state index in [1.807, 2.05) is 0 Å². The minimum atomic E-state index is -0.597. The van der Waals surface area contributed by atoms with Crippen LogP contribution in [0.5, 0.6) is 0 Å². The van der Waals surface area contributed by atoms with Crippen molar-refractivity contribution in [1.82, 2.24) is 0 Å². The Morgan fingerprint density at radius 3 is 2.61 bits per heavy atom.